The van der Waals surface area contributed by atoms with Crippen LogP contribution in [0.15, 0.2) is 6.07 Å². The van der Waals surface area contributed by atoms with Crippen molar-refractivity contribution in [1.29, 1.82) is 0 Å². The van der Waals surface area contributed by atoms with E-state index in [2.05, 4.69) is 5.32 Å². The van der Waals surface area contributed by atoms with Crippen LogP contribution in [0, 0.1) is 23.7 Å². The number of aryl methyl sites for hydroxylation is 1. The lowest BCUT2D eigenvalue weighted by atomic mass is 9.79. The molecule has 0 aliphatic heterocycles. The standard InChI is InChI=1S/C17H21NO5S/c1-3-10-7-11(17(22)23-2)15(24-10)18-14(19)12-8-4-5-9(6-8)13(12)16(20)21/h7-9,12-13H,3-6H2,1-2H3,(H,18,19)(H,20,21)/t8-,9-,12-,13-/m0/s1. The number of carboxylic acids is 1. The molecule has 0 aromatic carbocycles. The fourth-order valence-electron chi connectivity index (χ4n) is 4.19. The Balaban J connectivity index is 1.83. The van der Waals surface area contributed by atoms with Gasteiger partial charge in [-0.1, -0.05) is 6.92 Å². The molecule has 2 saturated carbocycles. The first-order valence-corrected chi connectivity index (χ1v) is 9.02. The van der Waals surface area contributed by atoms with Crippen LogP contribution in [0.2, 0.25) is 0 Å². The van der Waals surface area contributed by atoms with Gasteiger partial charge in [0.1, 0.15) is 5.00 Å². The number of thiophene rings is 1. The summed E-state index contributed by atoms with van der Waals surface area (Å²) in [6.45, 7) is 1.97. The zero-order valence-corrected chi connectivity index (χ0v) is 14.5. The first kappa shape index (κ1) is 17.0. The topological polar surface area (TPSA) is 92.7 Å². The molecule has 1 aromatic heterocycles. The SMILES string of the molecule is CCc1cc(C(=O)OC)c(NC(=O)[C@H]2[C@H]3CC[C@@H](C3)[C@@H]2C(=O)O)s1. The van der Waals surface area contributed by atoms with Crippen molar-refractivity contribution in [3.63, 3.8) is 0 Å². The Kier molecular flexibility index (Phi) is 4.62. The highest BCUT2D eigenvalue weighted by molar-refractivity contribution is 7.16. The van der Waals surface area contributed by atoms with E-state index in [0.717, 1.165) is 30.6 Å². The highest BCUT2D eigenvalue weighted by atomic mass is 32.1. The lowest BCUT2D eigenvalue weighted by Crippen LogP contribution is -2.37. The molecule has 0 radical (unpaired) electrons. The molecule has 1 aromatic rings. The Morgan fingerprint density at radius 1 is 1.29 bits per heavy atom. The van der Waals surface area contributed by atoms with E-state index in [0.29, 0.717) is 10.6 Å². The summed E-state index contributed by atoms with van der Waals surface area (Å²) in [6, 6.07) is 1.72. The van der Waals surface area contributed by atoms with E-state index >= 15 is 0 Å². The summed E-state index contributed by atoms with van der Waals surface area (Å²) in [5.41, 5.74) is 0.336. The number of carboxylic acid groups (broad SMARTS) is 1. The summed E-state index contributed by atoms with van der Waals surface area (Å²) in [4.78, 5) is 37.2. The number of carbonyl (C=O) groups is 3. The van der Waals surface area contributed by atoms with E-state index < -0.39 is 23.8 Å². The third-order valence-electron chi connectivity index (χ3n) is 5.28. The highest BCUT2D eigenvalue weighted by Crippen LogP contribution is 2.52. The van der Waals surface area contributed by atoms with Crippen LogP contribution in [0.1, 0.15) is 41.4 Å². The zero-order valence-electron chi connectivity index (χ0n) is 13.7. The fraction of sp³-hybridized carbons (Fsp3) is 0.588. The van der Waals surface area contributed by atoms with Gasteiger partial charge >= 0.3 is 11.9 Å². The number of rotatable bonds is 5. The first-order valence-electron chi connectivity index (χ1n) is 8.20. The van der Waals surface area contributed by atoms with Crippen molar-refractivity contribution < 1.29 is 24.2 Å². The summed E-state index contributed by atoms with van der Waals surface area (Å²) in [5, 5.41) is 12.8. The predicted molar refractivity (Wildman–Crippen MR) is 89.1 cm³/mol. The maximum atomic E-state index is 12.8. The summed E-state index contributed by atoms with van der Waals surface area (Å²) in [5.74, 6) is -2.58. The third-order valence-corrected chi connectivity index (χ3v) is 6.47. The number of anilines is 1. The molecule has 2 aliphatic carbocycles. The van der Waals surface area contributed by atoms with Crippen LogP contribution >= 0.6 is 11.3 Å². The lowest BCUT2D eigenvalue weighted by Gasteiger charge is -2.26. The van der Waals surface area contributed by atoms with Gasteiger partial charge in [0.05, 0.1) is 24.5 Å². The van der Waals surface area contributed by atoms with E-state index in [9.17, 15) is 19.5 Å². The minimum atomic E-state index is -0.893. The monoisotopic (exact) mass is 351 g/mol. The smallest absolute Gasteiger partial charge is 0.340 e. The van der Waals surface area contributed by atoms with Gasteiger partial charge in [-0.25, -0.2) is 4.79 Å². The number of hydrogen-bond acceptors (Lipinski definition) is 5. The van der Waals surface area contributed by atoms with Crippen LogP contribution in [0.4, 0.5) is 5.00 Å². The van der Waals surface area contributed by atoms with Gasteiger partial charge in [0.25, 0.3) is 0 Å². The molecule has 0 spiro atoms. The second-order valence-corrected chi connectivity index (χ2v) is 7.65. The van der Waals surface area contributed by atoms with Crippen molar-refractivity contribution in [2.45, 2.75) is 32.6 Å². The Hall–Kier alpha value is -1.89. The predicted octanol–water partition coefficient (Wildman–Crippen LogP) is 2.78. The molecule has 0 saturated heterocycles. The number of amides is 1. The minimum Gasteiger partial charge on any atom is -0.481 e. The summed E-state index contributed by atoms with van der Waals surface area (Å²) < 4.78 is 4.77. The van der Waals surface area contributed by atoms with E-state index in [4.69, 9.17) is 4.74 Å². The van der Waals surface area contributed by atoms with Gasteiger partial charge in [-0.3, -0.25) is 9.59 Å². The molecule has 1 heterocycles. The van der Waals surface area contributed by atoms with E-state index in [1.807, 2.05) is 6.92 Å². The second kappa shape index (κ2) is 6.55. The first-order chi connectivity index (χ1) is 11.5. The molecular weight excluding hydrogens is 330 g/mol. The molecule has 0 unspecified atom stereocenters. The molecular formula is C17H21NO5S. The number of ether oxygens (including phenoxy) is 1. The Labute approximate surface area is 144 Å². The van der Waals surface area contributed by atoms with Crippen LogP contribution in [-0.2, 0) is 20.7 Å². The van der Waals surface area contributed by atoms with E-state index in [-0.39, 0.29) is 17.7 Å². The van der Waals surface area contributed by atoms with E-state index in [1.54, 1.807) is 6.07 Å². The molecule has 2 bridgehead atoms. The largest absolute Gasteiger partial charge is 0.481 e. The molecule has 4 atom stereocenters. The van der Waals surface area contributed by atoms with Gasteiger partial charge in [0.2, 0.25) is 5.91 Å². The van der Waals surface area contributed by atoms with Crippen molar-refractivity contribution in [2.75, 3.05) is 12.4 Å². The average molecular weight is 351 g/mol. The van der Waals surface area contributed by atoms with Crippen molar-refractivity contribution in [3.05, 3.63) is 16.5 Å². The number of carbonyl (C=O) groups excluding carboxylic acids is 2. The molecule has 130 valence electrons. The maximum absolute atomic E-state index is 12.8. The second-order valence-electron chi connectivity index (χ2n) is 6.51. The number of fused-ring (bicyclic) bond motifs is 2. The number of hydrogen-bond donors (Lipinski definition) is 2. The summed E-state index contributed by atoms with van der Waals surface area (Å²) in [7, 11) is 1.30. The van der Waals surface area contributed by atoms with Crippen LogP contribution in [0.3, 0.4) is 0 Å². The molecule has 1 amide bonds. The molecule has 6 nitrogen and oxygen atoms in total. The number of aliphatic carboxylic acids is 1. The van der Waals surface area contributed by atoms with Crippen molar-refractivity contribution in [2.24, 2.45) is 23.7 Å². The molecule has 2 N–H and O–H groups in total. The molecule has 24 heavy (non-hydrogen) atoms. The Morgan fingerprint density at radius 2 is 1.96 bits per heavy atom. The van der Waals surface area contributed by atoms with Gasteiger partial charge < -0.3 is 15.2 Å². The van der Waals surface area contributed by atoms with Gasteiger partial charge in [0, 0.05) is 4.88 Å². The molecule has 3 rings (SSSR count). The highest BCUT2D eigenvalue weighted by Gasteiger charge is 2.54. The Bertz CT molecular complexity index is 683. The molecule has 2 aliphatic rings. The molecule has 7 heteroatoms. The van der Waals surface area contributed by atoms with Gasteiger partial charge in [0.15, 0.2) is 0 Å². The van der Waals surface area contributed by atoms with Gasteiger partial charge in [-0.05, 0) is 43.6 Å². The third kappa shape index (κ3) is 2.81. The average Bonchev–Trinajstić information content (AvgIpc) is 3.27. The number of methoxy groups -OCH3 is 1. The zero-order chi connectivity index (χ0) is 17.4. The van der Waals surface area contributed by atoms with Crippen LogP contribution < -0.4 is 5.32 Å². The van der Waals surface area contributed by atoms with E-state index in [1.165, 1.54) is 18.4 Å². The number of esters is 1. The number of nitrogens with one attached hydrogen (secondary N) is 1. The fourth-order valence-corrected chi connectivity index (χ4v) is 5.18. The summed E-state index contributed by atoms with van der Waals surface area (Å²) >= 11 is 1.34. The lowest BCUT2D eigenvalue weighted by molar-refractivity contribution is -0.148. The van der Waals surface area contributed by atoms with Crippen LogP contribution in [0.5, 0.6) is 0 Å². The van der Waals surface area contributed by atoms with Crippen molar-refractivity contribution >= 4 is 34.2 Å². The van der Waals surface area contributed by atoms with Gasteiger partial charge in [-0.15, -0.1) is 11.3 Å². The van der Waals surface area contributed by atoms with Gasteiger partial charge in [-0.2, -0.15) is 0 Å². The van der Waals surface area contributed by atoms with Crippen molar-refractivity contribution in [1.82, 2.24) is 0 Å². The van der Waals surface area contributed by atoms with Crippen LogP contribution in [0.25, 0.3) is 0 Å². The minimum absolute atomic E-state index is 0.0952. The Morgan fingerprint density at radius 3 is 2.54 bits per heavy atom. The van der Waals surface area contributed by atoms with Crippen LogP contribution in [-0.4, -0.2) is 30.1 Å². The summed E-state index contributed by atoms with van der Waals surface area (Å²) in [6.07, 6.45) is 3.35. The van der Waals surface area contributed by atoms with Crippen molar-refractivity contribution in [3.8, 4) is 0 Å². The molecule has 2 fully saturated rings. The maximum Gasteiger partial charge on any atom is 0.340 e. The normalized spacial score (nSPS) is 27.9. The quantitative estimate of drug-likeness (QED) is 0.796.